The second-order valence-corrected chi connectivity index (χ2v) is 8.32. The number of hydrogen-bond donors (Lipinski definition) is 1. The molecule has 2 aromatic heterocycles. The molecule has 1 N–H and O–H groups in total. The number of benzene rings is 3. The highest BCUT2D eigenvalue weighted by atomic mass is 79.9. The van der Waals surface area contributed by atoms with Gasteiger partial charge in [0, 0.05) is 16.6 Å². The van der Waals surface area contributed by atoms with Crippen LogP contribution in [0.3, 0.4) is 0 Å². The molecule has 0 amide bonds. The smallest absolute Gasteiger partial charge is 0.185 e. The molecule has 0 aliphatic carbocycles. The Morgan fingerprint density at radius 2 is 1.94 bits per heavy atom. The molecule has 5 rings (SSSR count). The second kappa shape index (κ2) is 9.44. The average molecular weight is 518 g/mol. The first-order chi connectivity index (χ1) is 16.6. The predicted molar refractivity (Wildman–Crippen MR) is 131 cm³/mol. The van der Waals surface area contributed by atoms with Crippen LogP contribution in [0.1, 0.15) is 16.1 Å². The van der Waals surface area contributed by atoms with Gasteiger partial charge in [-0.05, 0) is 82.2 Å². The van der Waals surface area contributed by atoms with E-state index in [1.54, 1.807) is 18.2 Å². The van der Waals surface area contributed by atoms with Gasteiger partial charge in [-0.1, -0.05) is 12.1 Å². The molecule has 34 heavy (non-hydrogen) atoms. The maximum absolute atomic E-state index is 13.4. The van der Waals surface area contributed by atoms with Crippen LogP contribution < -0.4 is 10.1 Å². The Labute approximate surface area is 202 Å². The van der Waals surface area contributed by atoms with E-state index in [9.17, 15) is 9.18 Å². The Kier molecular flexibility index (Phi) is 6.05. The number of carbonyl (C=O) groups is 1. The predicted octanol–water partition coefficient (Wildman–Crippen LogP) is 6.93. The number of aldehydes is 1. The van der Waals surface area contributed by atoms with E-state index in [1.807, 2.05) is 42.5 Å². The molecule has 0 radical (unpaired) electrons. The minimum atomic E-state index is -0.295. The van der Waals surface area contributed by atoms with Gasteiger partial charge in [0.05, 0.1) is 9.99 Å². The summed E-state index contributed by atoms with van der Waals surface area (Å²) in [4.78, 5) is 19.7. The maximum atomic E-state index is 13.4. The summed E-state index contributed by atoms with van der Waals surface area (Å²) in [6, 6.07) is 20.9. The number of furan rings is 1. The minimum Gasteiger partial charge on any atom is -0.488 e. The number of aromatic nitrogens is 2. The molecule has 0 saturated carbocycles. The van der Waals surface area contributed by atoms with Crippen molar-refractivity contribution in [3.8, 4) is 17.1 Å². The van der Waals surface area contributed by atoms with Gasteiger partial charge in [0.2, 0.25) is 0 Å². The third-order valence-electron chi connectivity index (χ3n) is 5.14. The lowest BCUT2D eigenvalue weighted by atomic mass is 10.1. The molecule has 0 fully saturated rings. The second-order valence-electron chi connectivity index (χ2n) is 7.46. The van der Waals surface area contributed by atoms with E-state index >= 15 is 0 Å². The molecule has 0 aliphatic rings. The van der Waals surface area contributed by atoms with Crippen LogP contribution >= 0.6 is 15.9 Å². The van der Waals surface area contributed by atoms with Crippen molar-refractivity contribution in [2.75, 3.05) is 5.32 Å². The number of hydrogen-bond acceptors (Lipinski definition) is 6. The van der Waals surface area contributed by atoms with E-state index in [4.69, 9.17) is 9.15 Å². The largest absolute Gasteiger partial charge is 0.488 e. The van der Waals surface area contributed by atoms with Crippen LogP contribution in [-0.2, 0) is 6.61 Å². The molecule has 6 nitrogen and oxygen atoms in total. The van der Waals surface area contributed by atoms with Crippen LogP contribution in [0.25, 0.3) is 22.2 Å². The summed E-state index contributed by atoms with van der Waals surface area (Å²) in [7, 11) is 0. The topological polar surface area (TPSA) is 77.2 Å². The van der Waals surface area contributed by atoms with Gasteiger partial charge >= 0.3 is 0 Å². The van der Waals surface area contributed by atoms with Crippen LogP contribution in [0.2, 0.25) is 0 Å². The van der Waals surface area contributed by atoms with Gasteiger partial charge in [-0.3, -0.25) is 4.79 Å². The van der Waals surface area contributed by atoms with Crippen molar-refractivity contribution in [2.45, 2.75) is 6.61 Å². The molecule has 0 aliphatic heterocycles. The van der Waals surface area contributed by atoms with E-state index < -0.39 is 0 Å². The number of carbonyl (C=O) groups excluding carboxylic acids is 1. The van der Waals surface area contributed by atoms with Gasteiger partial charge in [-0.25, -0.2) is 14.4 Å². The van der Waals surface area contributed by atoms with E-state index in [1.165, 1.54) is 18.5 Å². The molecular weight excluding hydrogens is 501 g/mol. The Morgan fingerprint density at radius 1 is 1.03 bits per heavy atom. The average Bonchev–Trinajstić information content (AvgIpc) is 3.33. The number of anilines is 2. The molecular formula is C26H17BrFN3O3. The summed E-state index contributed by atoms with van der Waals surface area (Å²) in [5.74, 6) is 1.81. The third-order valence-corrected chi connectivity index (χ3v) is 5.76. The summed E-state index contributed by atoms with van der Waals surface area (Å²) >= 11 is 3.54. The Bertz CT molecular complexity index is 1500. The highest BCUT2D eigenvalue weighted by molar-refractivity contribution is 9.10. The van der Waals surface area contributed by atoms with Crippen LogP contribution in [0.5, 0.6) is 5.75 Å². The normalized spacial score (nSPS) is 10.9. The lowest BCUT2D eigenvalue weighted by Gasteiger charge is -2.12. The van der Waals surface area contributed by atoms with Crippen LogP contribution in [0.4, 0.5) is 15.9 Å². The fraction of sp³-hybridized carbons (Fsp3) is 0.0385. The molecule has 168 valence electrons. The van der Waals surface area contributed by atoms with Crippen molar-refractivity contribution in [2.24, 2.45) is 0 Å². The van der Waals surface area contributed by atoms with Gasteiger partial charge in [0.15, 0.2) is 12.0 Å². The summed E-state index contributed by atoms with van der Waals surface area (Å²) < 4.78 is 25.5. The number of nitrogens with one attached hydrogen (secondary N) is 1. The highest BCUT2D eigenvalue weighted by Gasteiger charge is 2.11. The van der Waals surface area contributed by atoms with E-state index in [0.717, 1.165) is 32.2 Å². The quantitative estimate of drug-likeness (QED) is 0.236. The van der Waals surface area contributed by atoms with Crippen molar-refractivity contribution in [1.82, 2.24) is 9.97 Å². The van der Waals surface area contributed by atoms with Gasteiger partial charge < -0.3 is 14.5 Å². The van der Waals surface area contributed by atoms with Gasteiger partial charge in [-0.15, -0.1) is 0 Å². The van der Waals surface area contributed by atoms with E-state index in [-0.39, 0.29) is 18.2 Å². The molecule has 0 unspecified atom stereocenters. The number of halogens is 2. The molecule has 3 aromatic carbocycles. The van der Waals surface area contributed by atoms with Crippen LogP contribution in [0, 0.1) is 5.82 Å². The molecule has 0 atom stereocenters. The van der Waals surface area contributed by atoms with Crippen molar-refractivity contribution in [1.29, 1.82) is 0 Å². The van der Waals surface area contributed by atoms with Crippen molar-refractivity contribution >= 4 is 44.6 Å². The standard InChI is InChI=1S/C26H17BrFN3O3/c27-22-12-19(5-8-25(22)33-14-16-2-1-3-18(28)10-16)31-26-21-11-17(4-7-23(21)29-15-30-26)24-9-6-20(13-32)34-24/h1-13,15H,14H2,(H,29,30,31). The third kappa shape index (κ3) is 4.67. The number of rotatable bonds is 7. The van der Waals surface area contributed by atoms with Gasteiger partial charge in [-0.2, -0.15) is 0 Å². The van der Waals surface area contributed by atoms with Gasteiger partial charge in [0.1, 0.15) is 36.1 Å². The lowest BCUT2D eigenvalue weighted by Crippen LogP contribution is -1.99. The first-order valence-electron chi connectivity index (χ1n) is 10.3. The number of ether oxygens (including phenoxy) is 1. The Balaban J connectivity index is 1.38. The van der Waals surface area contributed by atoms with Crippen molar-refractivity contribution < 1.29 is 18.3 Å². The Morgan fingerprint density at radius 3 is 2.74 bits per heavy atom. The number of fused-ring (bicyclic) bond motifs is 1. The Hall–Kier alpha value is -4.04. The van der Waals surface area contributed by atoms with Crippen molar-refractivity contribution in [3.05, 3.63) is 101 Å². The SMILES string of the molecule is O=Cc1ccc(-c2ccc3ncnc(Nc4ccc(OCc5cccc(F)c5)c(Br)c4)c3c2)o1. The van der Waals surface area contributed by atoms with Crippen molar-refractivity contribution in [3.63, 3.8) is 0 Å². The molecule has 5 aromatic rings. The van der Waals surface area contributed by atoms with Gasteiger partial charge in [0.25, 0.3) is 0 Å². The molecule has 2 heterocycles. The lowest BCUT2D eigenvalue weighted by molar-refractivity contribution is 0.110. The summed E-state index contributed by atoms with van der Waals surface area (Å²) in [6.45, 7) is 0.251. The molecule has 8 heteroatoms. The van der Waals surface area contributed by atoms with Crippen LogP contribution in [-0.4, -0.2) is 16.3 Å². The first-order valence-corrected chi connectivity index (χ1v) is 11.1. The summed E-state index contributed by atoms with van der Waals surface area (Å²) in [6.07, 6.45) is 2.16. The van der Waals surface area contributed by atoms with Crippen LogP contribution in [0.15, 0.2) is 88.0 Å². The fourth-order valence-electron chi connectivity index (χ4n) is 3.50. The summed E-state index contributed by atoms with van der Waals surface area (Å²) in [5, 5.41) is 4.12. The molecule has 0 saturated heterocycles. The monoisotopic (exact) mass is 517 g/mol. The first kappa shape index (κ1) is 21.8. The zero-order chi connectivity index (χ0) is 23.5. The molecule has 0 spiro atoms. The highest BCUT2D eigenvalue weighted by Crippen LogP contribution is 2.33. The zero-order valence-electron chi connectivity index (χ0n) is 17.7. The van der Waals surface area contributed by atoms with E-state index in [2.05, 4.69) is 31.2 Å². The molecule has 0 bridgehead atoms. The maximum Gasteiger partial charge on any atom is 0.185 e. The fourth-order valence-corrected chi connectivity index (χ4v) is 3.99. The van der Waals surface area contributed by atoms with E-state index in [0.29, 0.717) is 23.6 Å². The minimum absolute atomic E-state index is 0.251. The number of nitrogens with zero attached hydrogens (tertiary/aromatic N) is 2. The summed E-state index contributed by atoms with van der Waals surface area (Å²) in [5.41, 5.74) is 3.10. The zero-order valence-corrected chi connectivity index (χ0v) is 19.3.